The van der Waals surface area contributed by atoms with Crippen molar-refractivity contribution in [1.29, 1.82) is 0 Å². The second kappa shape index (κ2) is 10.4. The van der Waals surface area contributed by atoms with E-state index in [-0.39, 0.29) is 5.41 Å². The van der Waals surface area contributed by atoms with E-state index in [1.165, 1.54) is 60.3 Å². The molecule has 2 nitrogen and oxygen atoms in total. The zero-order valence-electron chi connectivity index (χ0n) is 27.4. The molecule has 0 spiro atoms. The smallest absolute Gasteiger partial charge is 0.136 e. The zero-order valence-corrected chi connectivity index (χ0v) is 27.4. The maximum Gasteiger partial charge on any atom is 0.136 e. The van der Waals surface area contributed by atoms with Crippen LogP contribution in [0.15, 0.2) is 168 Å². The van der Waals surface area contributed by atoms with Gasteiger partial charge < -0.3 is 9.32 Å². The van der Waals surface area contributed by atoms with Crippen molar-refractivity contribution >= 4 is 60.5 Å². The molecule has 0 aliphatic heterocycles. The van der Waals surface area contributed by atoms with Gasteiger partial charge in [-0.2, -0.15) is 0 Å². The van der Waals surface area contributed by atoms with Crippen LogP contribution in [0.1, 0.15) is 25.0 Å². The molecule has 9 aromatic rings. The molecule has 232 valence electrons. The van der Waals surface area contributed by atoms with Gasteiger partial charge in [0, 0.05) is 33.2 Å². The first-order chi connectivity index (χ1) is 24.0. The van der Waals surface area contributed by atoms with Crippen LogP contribution in [0.3, 0.4) is 0 Å². The predicted octanol–water partition coefficient (Wildman–Crippen LogP) is 13.3. The van der Waals surface area contributed by atoms with E-state index in [1.54, 1.807) is 0 Å². The number of benzene rings is 8. The molecule has 0 amide bonds. The highest BCUT2D eigenvalue weighted by Gasteiger charge is 2.35. The molecule has 1 aromatic heterocycles. The Morgan fingerprint density at radius 1 is 0.429 bits per heavy atom. The summed E-state index contributed by atoms with van der Waals surface area (Å²) in [5.74, 6) is 0. The standard InChI is InChI=1S/C47H33NO/c1-47(2)42-16-7-5-13-39(42)41-29-35(24-26-43(41)47)48(33-21-18-31(19-22-33)37-15-9-11-30-10-3-4-12-36(30)37)34-23-25-38-32(28-34)20-27-45-46(38)40-14-6-8-17-44(40)49-45/h3-29H,1-2H3. The average Bonchev–Trinajstić information content (AvgIpc) is 3.64. The number of fused-ring (bicyclic) bond motifs is 9. The normalized spacial score (nSPS) is 13.3. The van der Waals surface area contributed by atoms with Crippen LogP contribution in [0.2, 0.25) is 0 Å². The first-order valence-electron chi connectivity index (χ1n) is 17.0. The molecule has 0 unspecified atom stereocenters. The summed E-state index contributed by atoms with van der Waals surface area (Å²) in [6.07, 6.45) is 0. The maximum absolute atomic E-state index is 6.23. The fourth-order valence-electron chi connectivity index (χ4n) is 8.24. The van der Waals surface area contributed by atoms with Gasteiger partial charge in [0.25, 0.3) is 0 Å². The summed E-state index contributed by atoms with van der Waals surface area (Å²) in [5.41, 5.74) is 13.0. The molecule has 0 atom stereocenters. The number of para-hydroxylation sites is 1. The van der Waals surface area contributed by atoms with E-state index in [1.807, 2.05) is 12.1 Å². The van der Waals surface area contributed by atoms with Crippen LogP contribution in [0.25, 0.3) is 65.7 Å². The fourth-order valence-corrected chi connectivity index (χ4v) is 8.24. The summed E-state index contributed by atoms with van der Waals surface area (Å²) in [5, 5.41) is 7.21. The Balaban J connectivity index is 1.16. The molecule has 1 aliphatic rings. The second-order valence-corrected chi connectivity index (χ2v) is 13.8. The third-order valence-corrected chi connectivity index (χ3v) is 10.7. The summed E-state index contributed by atoms with van der Waals surface area (Å²) in [4.78, 5) is 2.40. The molecule has 0 fully saturated rings. The lowest BCUT2D eigenvalue weighted by molar-refractivity contribution is 0.660. The highest BCUT2D eigenvalue weighted by molar-refractivity contribution is 6.19. The number of hydrogen-bond donors (Lipinski definition) is 0. The van der Waals surface area contributed by atoms with Gasteiger partial charge in [-0.15, -0.1) is 0 Å². The molecular formula is C47H33NO. The molecule has 0 N–H and O–H groups in total. The third kappa shape index (κ3) is 4.20. The van der Waals surface area contributed by atoms with Crippen molar-refractivity contribution in [1.82, 2.24) is 0 Å². The number of nitrogens with zero attached hydrogens (tertiary/aromatic N) is 1. The Kier molecular flexibility index (Phi) is 5.95. The number of anilines is 3. The van der Waals surface area contributed by atoms with Crippen molar-refractivity contribution in [3.63, 3.8) is 0 Å². The van der Waals surface area contributed by atoms with E-state index in [4.69, 9.17) is 4.42 Å². The first kappa shape index (κ1) is 27.9. The summed E-state index contributed by atoms with van der Waals surface area (Å²) in [6.45, 7) is 4.68. The lowest BCUT2D eigenvalue weighted by Crippen LogP contribution is -2.15. The van der Waals surface area contributed by atoms with Crippen molar-refractivity contribution in [2.24, 2.45) is 0 Å². The van der Waals surface area contributed by atoms with Crippen LogP contribution in [0.5, 0.6) is 0 Å². The van der Waals surface area contributed by atoms with Gasteiger partial charge in [0.2, 0.25) is 0 Å². The molecule has 2 heteroatoms. The molecule has 0 saturated carbocycles. The predicted molar refractivity (Wildman–Crippen MR) is 206 cm³/mol. The molecule has 8 aromatic carbocycles. The maximum atomic E-state index is 6.23. The van der Waals surface area contributed by atoms with Gasteiger partial charge >= 0.3 is 0 Å². The third-order valence-electron chi connectivity index (χ3n) is 10.7. The van der Waals surface area contributed by atoms with Crippen LogP contribution in [-0.4, -0.2) is 0 Å². The molecule has 49 heavy (non-hydrogen) atoms. The van der Waals surface area contributed by atoms with Crippen LogP contribution in [0, 0.1) is 0 Å². The zero-order chi connectivity index (χ0) is 32.7. The highest BCUT2D eigenvalue weighted by atomic mass is 16.3. The molecule has 0 bridgehead atoms. The number of hydrogen-bond acceptors (Lipinski definition) is 2. The lowest BCUT2D eigenvalue weighted by atomic mass is 9.82. The largest absolute Gasteiger partial charge is 0.456 e. The summed E-state index contributed by atoms with van der Waals surface area (Å²) >= 11 is 0. The van der Waals surface area contributed by atoms with Gasteiger partial charge in [0.1, 0.15) is 11.2 Å². The summed E-state index contributed by atoms with van der Waals surface area (Å²) in [6, 6.07) is 59.6. The van der Waals surface area contributed by atoms with E-state index in [0.717, 1.165) is 33.6 Å². The molecule has 1 heterocycles. The van der Waals surface area contributed by atoms with Crippen molar-refractivity contribution < 1.29 is 4.42 Å². The Morgan fingerprint density at radius 3 is 2.00 bits per heavy atom. The Morgan fingerprint density at radius 2 is 1.10 bits per heavy atom. The second-order valence-electron chi connectivity index (χ2n) is 13.8. The number of furan rings is 1. The van der Waals surface area contributed by atoms with Crippen molar-refractivity contribution in [2.75, 3.05) is 4.90 Å². The van der Waals surface area contributed by atoms with E-state index < -0.39 is 0 Å². The van der Waals surface area contributed by atoms with Crippen molar-refractivity contribution in [2.45, 2.75) is 19.3 Å². The first-order valence-corrected chi connectivity index (χ1v) is 17.0. The monoisotopic (exact) mass is 627 g/mol. The average molecular weight is 628 g/mol. The van der Waals surface area contributed by atoms with Crippen LogP contribution in [-0.2, 0) is 5.41 Å². The van der Waals surface area contributed by atoms with Gasteiger partial charge in [0.15, 0.2) is 0 Å². The Hall–Kier alpha value is -6.12. The SMILES string of the molecule is CC1(C)c2ccccc2-c2cc(N(c3ccc(-c4cccc5ccccc45)cc3)c3ccc4c(ccc5oc6ccccc6c54)c3)ccc21. The minimum absolute atomic E-state index is 0.0446. The van der Waals surface area contributed by atoms with Gasteiger partial charge in [-0.25, -0.2) is 0 Å². The summed E-state index contributed by atoms with van der Waals surface area (Å²) < 4.78 is 6.23. The Labute approximate surface area is 285 Å². The van der Waals surface area contributed by atoms with Gasteiger partial charge in [-0.05, 0) is 103 Å². The van der Waals surface area contributed by atoms with Gasteiger partial charge in [-0.1, -0.05) is 129 Å². The molecular weight excluding hydrogens is 595 g/mol. The van der Waals surface area contributed by atoms with E-state index >= 15 is 0 Å². The fraction of sp³-hybridized carbons (Fsp3) is 0.0638. The lowest BCUT2D eigenvalue weighted by Gasteiger charge is -2.27. The van der Waals surface area contributed by atoms with Crippen LogP contribution < -0.4 is 4.90 Å². The number of rotatable bonds is 4. The van der Waals surface area contributed by atoms with Crippen molar-refractivity contribution in [3.8, 4) is 22.3 Å². The van der Waals surface area contributed by atoms with Gasteiger partial charge in [0.05, 0.1) is 0 Å². The van der Waals surface area contributed by atoms with Crippen LogP contribution >= 0.6 is 0 Å². The molecule has 0 radical (unpaired) electrons. The molecule has 10 rings (SSSR count). The van der Waals surface area contributed by atoms with E-state index in [9.17, 15) is 0 Å². The molecule has 1 aliphatic carbocycles. The minimum Gasteiger partial charge on any atom is -0.456 e. The topological polar surface area (TPSA) is 16.4 Å². The van der Waals surface area contributed by atoms with Crippen LogP contribution in [0.4, 0.5) is 17.1 Å². The van der Waals surface area contributed by atoms with Gasteiger partial charge in [-0.3, -0.25) is 0 Å². The van der Waals surface area contributed by atoms with E-state index in [0.29, 0.717) is 0 Å². The Bertz CT molecular complexity index is 2740. The highest BCUT2D eigenvalue weighted by Crippen LogP contribution is 2.51. The quantitative estimate of drug-likeness (QED) is 0.193. The summed E-state index contributed by atoms with van der Waals surface area (Å²) in [7, 11) is 0. The minimum atomic E-state index is -0.0446. The molecule has 0 saturated heterocycles. The van der Waals surface area contributed by atoms with Crippen molar-refractivity contribution in [3.05, 3.63) is 175 Å². The van der Waals surface area contributed by atoms with E-state index in [2.05, 4.69) is 170 Å².